The summed E-state index contributed by atoms with van der Waals surface area (Å²) < 4.78 is 5.21. The third kappa shape index (κ3) is 3.28. The van der Waals surface area contributed by atoms with Crippen molar-refractivity contribution in [3.8, 4) is 0 Å². The van der Waals surface area contributed by atoms with Crippen LogP contribution in [0, 0.1) is 17.8 Å². The normalized spacial score (nSPS) is 22.8. The van der Waals surface area contributed by atoms with Crippen LogP contribution < -0.4 is 0 Å². The number of carboxylic acids is 1. The lowest BCUT2D eigenvalue weighted by Gasteiger charge is -2.40. The molecule has 3 unspecified atom stereocenters. The molecule has 0 amide bonds. The van der Waals surface area contributed by atoms with Gasteiger partial charge >= 0.3 is 11.9 Å². The minimum atomic E-state index is -0.900. The number of carbonyl (C=O) groups excluding carboxylic acids is 1. The fraction of sp³-hybridized carbons (Fsp3) is 0.400. The number of hydrogen-bond acceptors (Lipinski definition) is 3. The van der Waals surface area contributed by atoms with E-state index in [1.54, 1.807) is 0 Å². The van der Waals surface area contributed by atoms with Crippen molar-refractivity contribution < 1.29 is 19.4 Å². The van der Waals surface area contributed by atoms with Crippen molar-refractivity contribution in [1.82, 2.24) is 0 Å². The Morgan fingerprint density at radius 1 is 1.17 bits per heavy atom. The lowest BCUT2D eigenvalue weighted by Crippen LogP contribution is -2.47. The van der Waals surface area contributed by atoms with Crippen LogP contribution in [0.15, 0.2) is 42.5 Å². The number of ether oxygens (including phenoxy) is 1. The van der Waals surface area contributed by atoms with Crippen LogP contribution in [-0.4, -0.2) is 23.7 Å². The van der Waals surface area contributed by atoms with Gasteiger partial charge in [0.1, 0.15) is 0 Å². The van der Waals surface area contributed by atoms with E-state index < -0.39 is 17.8 Å². The highest BCUT2D eigenvalue weighted by atomic mass is 16.5. The van der Waals surface area contributed by atoms with Crippen molar-refractivity contribution in [3.05, 3.63) is 48.0 Å². The molecule has 0 saturated heterocycles. The molecule has 1 fully saturated rings. The van der Waals surface area contributed by atoms with Crippen LogP contribution >= 0.6 is 0 Å². The molecule has 126 valence electrons. The molecule has 2 aromatic carbocycles. The Hall–Kier alpha value is -2.36. The highest BCUT2D eigenvalue weighted by molar-refractivity contribution is 5.84. The Labute approximate surface area is 141 Å². The second-order valence-corrected chi connectivity index (χ2v) is 6.52. The molecule has 0 bridgehead atoms. The third-order valence-electron chi connectivity index (χ3n) is 4.85. The predicted molar refractivity (Wildman–Crippen MR) is 91.6 cm³/mol. The van der Waals surface area contributed by atoms with Crippen molar-refractivity contribution in [1.29, 1.82) is 0 Å². The van der Waals surface area contributed by atoms with Gasteiger partial charge in [-0.25, -0.2) is 0 Å². The lowest BCUT2D eigenvalue weighted by atomic mass is 9.62. The fourth-order valence-electron chi connectivity index (χ4n) is 3.54. The average molecular weight is 326 g/mol. The first-order valence-corrected chi connectivity index (χ1v) is 8.47. The van der Waals surface area contributed by atoms with Gasteiger partial charge < -0.3 is 9.84 Å². The monoisotopic (exact) mass is 326 g/mol. The molecule has 24 heavy (non-hydrogen) atoms. The van der Waals surface area contributed by atoms with Crippen molar-refractivity contribution in [3.63, 3.8) is 0 Å². The van der Waals surface area contributed by atoms with Crippen LogP contribution in [0.2, 0.25) is 0 Å². The smallest absolute Gasteiger partial charge is 0.310 e. The van der Waals surface area contributed by atoms with E-state index in [4.69, 9.17) is 4.74 Å². The number of fused-ring (bicyclic) bond motifs is 1. The van der Waals surface area contributed by atoms with E-state index >= 15 is 0 Å². The molecule has 1 aliphatic rings. The van der Waals surface area contributed by atoms with Gasteiger partial charge in [-0.1, -0.05) is 49.4 Å². The van der Waals surface area contributed by atoms with E-state index in [1.165, 1.54) is 5.39 Å². The Bertz CT molecular complexity index is 752. The topological polar surface area (TPSA) is 63.6 Å². The van der Waals surface area contributed by atoms with Gasteiger partial charge in [-0.05, 0) is 41.5 Å². The van der Waals surface area contributed by atoms with Gasteiger partial charge in [-0.3, -0.25) is 9.59 Å². The molecule has 0 heterocycles. The minimum absolute atomic E-state index is 0.0385. The van der Waals surface area contributed by atoms with Crippen molar-refractivity contribution in [2.45, 2.75) is 26.2 Å². The molecule has 0 spiro atoms. The van der Waals surface area contributed by atoms with E-state index in [0.717, 1.165) is 17.4 Å². The van der Waals surface area contributed by atoms with Gasteiger partial charge in [0.05, 0.1) is 18.4 Å². The molecule has 0 aliphatic heterocycles. The molecular weight excluding hydrogens is 304 g/mol. The van der Waals surface area contributed by atoms with Crippen molar-refractivity contribution in [2.24, 2.45) is 17.8 Å². The quantitative estimate of drug-likeness (QED) is 0.823. The average Bonchev–Trinajstić information content (AvgIpc) is 2.55. The molecular formula is C20H22O4. The molecule has 4 heteroatoms. The number of benzene rings is 2. The molecule has 1 N–H and O–H groups in total. The standard InChI is InChI=1S/C20H22O4/c1-2-9-24-20(23)18-16(12-17(18)19(21)22)11-13-7-8-14-5-3-4-6-15(14)10-13/h3-8,10,16-18H,2,9,11-12H2,1H3,(H,21,22). The number of carboxylic acid groups (broad SMARTS) is 1. The molecule has 1 aliphatic carbocycles. The maximum absolute atomic E-state index is 12.2. The Balaban J connectivity index is 1.74. The first kappa shape index (κ1) is 16.5. The van der Waals surface area contributed by atoms with E-state index in [-0.39, 0.29) is 11.9 Å². The van der Waals surface area contributed by atoms with Gasteiger partial charge in [-0.2, -0.15) is 0 Å². The Morgan fingerprint density at radius 2 is 1.92 bits per heavy atom. The summed E-state index contributed by atoms with van der Waals surface area (Å²) in [5.74, 6) is -2.36. The van der Waals surface area contributed by atoms with E-state index in [9.17, 15) is 14.7 Å². The first-order valence-electron chi connectivity index (χ1n) is 8.47. The molecule has 3 atom stereocenters. The zero-order valence-corrected chi connectivity index (χ0v) is 13.8. The number of hydrogen-bond donors (Lipinski definition) is 1. The molecule has 4 nitrogen and oxygen atoms in total. The fourth-order valence-corrected chi connectivity index (χ4v) is 3.54. The van der Waals surface area contributed by atoms with Crippen LogP contribution in [-0.2, 0) is 20.7 Å². The number of esters is 1. The third-order valence-corrected chi connectivity index (χ3v) is 4.85. The summed E-state index contributed by atoms with van der Waals surface area (Å²) in [6, 6.07) is 14.4. The summed E-state index contributed by atoms with van der Waals surface area (Å²) in [7, 11) is 0. The maximum Gasteiger partial charge on any atom is 0.310 e. The summed E-state index contributed by atoms with van der Waals surface area (Å²) in [6.45, 7) is 2.28. The summed E-state index contributed by atoms with van der Waals surface area (Å²) in [6.07, 6.45) is 1.99. The van der Waals surface area contributed by atoms with Gasteiger partial charge in [0.25, 0.3) is 0 Å². The lowest BCUT2D eigenvalue weighted by molar-refractivity contribution is -0.170. The van der Waals surface area contributed by atoms with E-state index in [2.05, 4.69) is 30.3 Å². The summed E-state index contributed by atoms with van der Waals surface area (Å²) >= 11 is 0. The van der Waals surface area contributed by atoms with Gasteiger partial charge in [-0.15, -0.1) is 0 Å². The summed E-state index contributed by atoms with van der Waals surface area (Å²) in [4.78, 5) is 23.6. The summed E-state index contributed by atoms with van der Waals surface area (Å²) in [5.41, 5.74) is 1.14. The molecule has 1 saturated carbocycles. The van der Waals surface area contributed by atoms with Crippen LogP contribution in [0.4, 0.5) is 0 Å². The first-order chi connectivity index (χ1) is 11.6. The van der Waals surface area contributed by atoms with Gasteiger partial charge in [0, 0.05) is 0 Å². The highest BCUT2D eigenvalue weighted by Gasteiger charge is 2.50. The number of aliphatic carboxylic acids is 1. The Morgan fingerprint density at radius 3 is 2.62 bits per heavy atom. The second-order valence-electron chi connectivity index (χ2n) is 6.52. The van der Waals surface area contributed by atoms with Gasteiger partial charge in [0.15, 0.2) is 0 Å². The minimum Gasteiger partial charge on any atom is -0.481 e. The Kier molecular flexibility index (Phi) is 4.84. The SMILES string of the molecule is CCCOC(=O)C1C(Cc2ccc3ccccc3c2)CC1C(=O)O. The highest BCUT2D eigenvalue weighted by Crippen LogP contribution is 2.43. The zero-order chi connectivity index (χ0) is 17.1. The van der Waals surface area contributed by atoms with Crippen LogP contribution in [0.25, 0.3) is 10.8 Å². The van der Waals surface area contributed by atoms with E-state index in [0.29, 0.717) is 19.4 Å². The molecule has 0 radical (unpaired) electrons. The second kappa shape index (κ2) is 7.04. The molecule has 3 rings (SSSR count). The molecule has 2 aromatic rings. The predicted octanol–water partition coefficient (Wildman–Crippen LogP) is 3.67. The number of carbonyl (C=O) groups is 2. The van der Waals surface area contributed by atoms with Crippen LogP contribution in [0.1, 0.15) is 25.3 Å². The zero-order valence-electron chi connectivity index (χ0n) is 13.8. The maximum atomic E-state index is 12.2. The van der Waals surface area contributed by atoms with Crippen molar-refractivity contribution in [2.75, 3.05) is 6.61 Å². The largest absolute Gasteiger partial charge is 0.481 e. The van der Waals surface area contributed by atoms with Crippen molar-refractivity contribution >= 4 is 22.7 Å². The van der Waals surface area contributed by atoms with Gasteiger partial charge in [0.2, 0.25) is 0 Å². The summed E-state index contributed by atoms with van der Waals surface area (Å²) in [5, 5.41) is 11.6. The van der Waals surface area contributed by atoms with E-state index in [1.807, 2.05) is 19.1 Å². The van der Waals surface area contributed by atoms with Crippen LogP contribution in [0.3, 0.4) is 0 Å². The molecule has 0 aromatic heterocycles. The number of rotatable bonds is 6. The van der Waals surface area contributed by atoms with Crippen LogP contribution in [0.5, 0.6) is 0 Å².